The van der Waals surface area contributed by atoms with Crippen LogP contribution in [0.1, 0.15) is 12.1 Å². The van der Waals surface area contributed by atoms with Gasteiger partial charge in [0.1, 0.15) is 5.75 Å². The van der Waals surface area contributed by atoms with E-state index in [4.69, 9.17) is 27.2 Å². The fourth-order valence-corrected chi connectivity index (χ4v) is 2.62. The lowest BCUT2D eigenvalue weighted by molar-refractivity contribution is -0.137. The van der Waals surface area contributed by atoms with Crippen LogP contribution in [0.3, 0.4) is 0 Å². The van der Waals surface area contributed by atoms with Crippen molar-refractivity contribution in [2.75, 3.05) is 0 Å². The Kier molecular flexibility index (Phi) is 6.13. The molecular weight excluding hydrogens is 387 g/mol. The number of benzene rings is 1. The molecule has 0 saturated carbocycles. The first kappa shape index (κ1) is 19.7. The van der Waals surface area contributed by atoms with Gasteiger partial charge in [-0.25, -0.2) is 19.3 Å². The lowest BCUT2D eigenvalue weighted by atomic mass is 10.1. The van der Waals surface area contributed by atoms with Gasteiger partial charge in [-0.1, -0.05) is 11.6 Å². The maximum Gasteiger partial charge on any atom is 0.304 e. The van der Waals surface area contributed by atoms with Crippen LogP contribution in [0.15, 0.2) is 48.8 Å². The van der Waals surface area contributed by atoms with Crippen LogP contribution in [-0.4, -0.2) is 32.1 Å². The maximum absolute atomic E-state index is 13.8. The molecule has 1 atom stereocenters. The van der Waals surface area contributed by atoms with E-state index in [0.29, 0.717) is 29.3 Å². The van der Waals surface area contributed by atoms with Crippen LogP contribution in [0.2, 0.25) is 5.02 Å². The van der Waals surface area contributed by atoms with Crippen molar-refractivity contribution in [3.63, 3.8) is 0 Å². The molecule has 1 aromatic carbocycles. The molecule has 7 nitrogen and oxygen atoms in total. The van der Waals surface area contributed by atoms with E-state index in [1.807, 2.05) is 0 Å². The number of carbonyl (C=O) groups is 1. The summed E-state index contributed by atoms with van der Waals surface area (Å²) in [5.74, 6) is -0.948. The van der Waals surface area contributed by atoms with Crippen molar-refractivity contribution in [3.05, 3.63) is 65.3 Å². The number of carboxylic acid groups (broad SMARTS) is 1. The number of aliphatic carboxylic acids is 1. The zero-order valence-corrected chi connectivity index (χ0v) is 15.3. The Morgan fingerprint density at radius 2 is 2.00 bits per heavy atom. The highest BCUT2D eigenvalue weighted by Gasteiger charge is 2.12. The number of rotatable bonds is 7. The van der Waals surface area contributed by atoms with Crippen LogP contribution < -0.4 is 10.5 Å². The molecule has 0 spiro atoms. The molecule has 0 fully saturated rings. The fourth-order valence-electron chi connectivity index (χ4n) is 2.47. The minimum absolute atomic E-state index is 0.138. The zero-order chi connectivity index (χ0) is 20.1. The molecule has 0 aliphatic carbocycles. The molecule has 3 rings (SSSR count). The van der Waals surface area contributed by atoms with E-state index in [1.54, 1.807) is 36.5 Å². The Morgan fingerprint density at radius 1 is 1.25 bits per heavy atom. The van der Waals surface area contributed by atoms with Gasteiger partial charge < -0.3 is 15.6 Å². The number of hydrogen-bond acceptors (Lipinski definition) is 6. The topological polar surface area (TPSA) is 111 Å². The van der Waals surface area contributed by atoms with Gasteiger partial charge in [-0.3, -0.25) is 4.79 Å². The van der Waals surface area contributed by atoms with Crippen molar-refractivity contribution in [2.24, 2.45) is 5.73 Å². The Balaban J connectivity index is 1.72. The maximum atomic E-state index is 13.8. The second-order valence-electron chi connectivity index (χ2n) is 6.00. The first-order valence-corrected chi connectivity index (χ1v) is 8.67. The molecular formula is C19H16ClFN4O3. The molecule has 3 aromatic rings. The molecule has 0 aliphatic heterocycles. The quantitative estimate of drug-likeness (QED) is 0.622. The van der Waals surface area contributed by atoms with E-state index in [1.165, 1.54) is 6.20 Å². The smallest absolute Gasteiger partial charge is 0.304 e. The summed E-state index contributed by atoms with van der Waals surface area (Å²) in [7, 11) is 0. The van der Waals surface area contributed by atoms with Crippen LogP contribution in [0, 0.1) is 5.82 Å². The van der Waals surface area contributed by atoms with Crippen molar-refractivity contribution in [2.45, 2.75) is 18.9 Å². The van der Waals surface area contributed by atoms with Crippen LogP contribution in [0.5, 0.6) is 11.6 Å². The zero-order valence-electron chi connectivity index (χ0n) is 14.5. The van der Waals surface area contributed by atoms with E-state index in [2.05, 4.69) is 15.0 Å². The lowest BCUT2D eigenvalue weighted by Gasteiger charge is -2.09. The van der Waals surface area contributed by atoms with E-state index >= 15 is 0 Å². The summed E-state index contributed by atoms with van der Waals surface area (Å²) in [6.07, 6.45) is 3.07. The summed E-state index contributed by atoms with van der Waals surface area (Å²) in [6, 6.07) is 9.00. The number of ether oxygens (including phenoxy) is 1. The van der Waals surface area contributed by atoms with Gasteiger partial charge in [-0.2, -0.15) is 0 Å². The Morgan fingerprint density at radius 3 is 2.68 bits per heavy atom. The highest BCUT2D eigenvalue weighted by Crippen LogP contribution is 2.26. The third kappa shape index (κ3) is 5.21. The van der Waals surface area contributed by atoms with Crippen LogP contribution in [-0.2, 0) is 11.2 Å². The number of nitrogens with two attached hydrogens (primary N) is 1. The van der Waals surface area contributed by atoms with Crippen LogP contribution >= 0.6 is 11.6 Å². The van der Waals surface area contributed by atoms with Gasteiger partial charge in [0.2, 0.25) is 0 Å². The minimum atomic E-state index is -0.955. The van der Waals surface area contributed by atoms with Gasteiger partial charge in [0.15, 0.2) is 11.6 Å². The summed E-state index contributed by atoms with van der Waals surface area (Å²) < 4.78 is 19.2. The number of aromatic nitrogens is 3. The molecule has 0 bridgehead atoms. The van der Waals surface area contributed by atoms with Gasteiger partial charge in [0, 0.05) is 36.1 Å². The molecule has 9 heteroatoms. The lowest BCUT2D eigenvalue weighted by Crippen LogP contribution is -2.26. The summed E-state index contributed by atoms with van der Waals surface area (Å²) >= 11 is 5.67. The molecule has 3 N–H and O–H groups in total. The van der Waals surface area contributed by atoms with Crippen LogP contribution in [0.4, 0.5) is 4.39 Å². The summed E-state index contributed by atoms with van der Waals surface area (Å²) in [4.78, 5) is 23.2. The molecule has 144 valence electrons. The second kappa shape index (κ2) is 8.73. The highest BCUT2D eigenvalue weighted by atomic mass is 35.5. The molecule has 0 amide bonds. The van der Waals surface area contributed by atoms with Crippen molar-refractivity contribution in [3.8, 4) is 23.0 Å². The molecule has 28 heavy (non-hydrogen) atoms. The van der Waals surface area contributed by atoms with E-state index in [0.717, 1.165) is 6.07 Å². The Bertz CT molecular complexity index is 985. The fraction of sp³-hybridized carbons (Fsp3) is 0.158. The monoisotopic (exact) mass is 402 g/mol. The first-order chi connectivity index (χ1) is 13.4. The second-order valence-corrected chi connectivity index (χ2v) is 6.44. The Labute approximate surface area is 165 Å². The van der Waals surface area contributed by atoms with E-state index in [-0.39, 0.29) is 17.3 Å². The third-order valence-corrected chi connectivity index (χ3v) is 3.93. The SMILES string of the molecule is N[C@H](CC(=O)O)Cc1ccnc(-c2ccc(Oc3ncc(Cl)cc3F)cc2)n1. The number of carboxylic acids is 1. The van der Waals surface area contributed by atoms with Crippen LogP contribution in [0.25, 0.3) is 11.4 Å². The summed E-state index contributed by atoms with van der Waals surface area (Å²) in [6.45, 7) is 0. The minimum Gasteiger partial charge on any atom is -0.481 e. The summed E-state index contributed by atoms with van der Waals surface area (Å²) in [5.41, 5.74) is 7.17. The van der Waals surface area contributed by atoms with Crippen molar-refractivity contribution < 1.29 is 19.0 Å². The normalized spacial score (nSPS) is 11.8. The van der Waals surface area contributed by atoms with Crippen molar-refractivity contribution in [1.82, 2.24) is 15.0 Å². The van der Waals surface area contributed by atoms with Gasteiger partial charge in [0.05, 0.1) is 11.4 Å². The molecule has 2 aromatic heterocycles. The average molecular weight is 403 g/mol. The van der Waals surface area contributed by atoms with Gasteiger partial charge in [-0.15, -0.1) is 0 Å². The standard InChI is InChI=1S/C19H16ClFN4O3/c20-12-7-16(21)19(24-10-12)28-15-3-1-11(2-4-15)18-23-6-5-14(25-18)8-13(22)9-17(26)27/h1-7,10,13H,8-9,22H2,(H,26,27)/t13-/m0/s1. The number of hydrogen-bond donors (Lipinski definition) is 2. The summed E-state index contributed by atoms with van der Waals surface area (Å²) in [5, 5.41) is 8.98. The Hall–Kier alpha value is -3.10. The van der Waals surface area contributed by atoms with Gasteiger partial charge in [0.25, 0.3) is 5.88 Å². The number of halogens is 2. The van der Waals surface area contributed by atoms with Gasteiger partial charge >= 0.3 is 5.97 Å². The molecule has 0 radical (unpaired) electrons. The largest absolute Gasteiger partial charge is 0.481 e. The van der Waals surface area contributed by atoms with Gasteiger partial charge in [-0.05, 0) is 36.4 Å². The molecule has 0 aliphatic rings. The van der Waals surface area contributed by atoms with E-state index < -0.39 is 17.8 Å². The first-order valence-electron chi connectivity index (χ1n) is 8.29. The molecule has 0 unspecified atom stereocenters. The van der Waals surface area contributed by atoms with Crippen molar-refractivity contribution >= 4 is 17.6 Å². The highest BCUT2D eigenvalue weighted by molar-refractivity contribution is 6.30. The third-order valence-electron chi connectivity index (χ3n) is 3.72. The van der Waals surface area contributed by atoms with E-state index in [9.17, 15) is 9.18 Å². The number of pyridine rings is 1. The predicted molar refractivity (Wildman–Crippen MR) is 101 cm³/mol. The predicted octanol–water partition coefficient (Wildman–Crippen LogP) is 3.47. The number of nitrogens with zero attached hydrogens (tertiary/aromatic N) is 3. The molecule has 2 heterocycles. The molecule has 0 saturated heterocycles. The average Bonchev–Trinajstić information content (AvgIpc) is 2.64. The van der Waals surface area contributed by atoms with Crippen molar-refractivity contribution in [1.29, 1.82) is 0 Å².